The summed E-state index contributed by atoms with van der Waals surface area (Å²) in [5.41, 5.74) is 8.00. The highest BCUT2D eigenvalue weighted by Crippen LogP contribution is 2.42. The quantitative estimate of drug-likeness (QED) is 0.00874. The van der Waals surface area contributed by atoms with Gasteiger partial charge in [0.25, 0.3) is 11.4 Å². The Kier molecular flexibility index (Phi) is 34.1. The van der Waals surface area contributed by atoms with E-state index in [1.165, 1.54) is 44.6 Å². The number of rotatable bonds is 19. The van der Waals surface area contributed by atoms with Crippen molar-refractivity contribution in [1.29, 1.82) is 0 Å². The Balaban J connectivity index is 0.000000190. The van der Waals surface area contributed by atoms with Crippen molar-refractivity contribution < 1.29 is 106 Å². The fourth-order valence-corrected chi connectivity index (χ4v) is 12.8. The lowest BCUT2D eigenvalue weighted by atomic mass is 10.0. The number of methoxy groups -OCH3 is 4. The van der Waals surface area contributed by atoms with Gasteiger partial charge in [0.1, 0.15) is 61.2 Å². The molecule has 2 heterocycles. The van der Waals surface area contributed by atoms with E-state index in [9.17, 15) is 88.6 Å². The zero-order chi connectivity index (χ0) is 86.8. The summed E-state index contributed by atoms with van der Waals surface area (Å²) in [7, 11) is 0.657. The van der Waals surface area contributed by atoms with Gasteiger partial charge in [-0.05, 0) is 166 Å². The number of carbonyl (C=O) groups excluding carboxylic acids is 7. The number of aryl methyl sites for hydroxylation is 2. The lowest BCUT2D eigenvalue weighted by Gasteiger charge is -2.09. The Morgan fingerprint density at radius 3 is 1.50 bits per heavy atom. The third-order valence-corrected chi connectivity index (χ3v) is 20.8. The molecule has 0 amide bonds. The number of ether oxygens (including phenoxy) is 5. The van der Waals surface area contributed by atoms with E-state index in [4.69, 9.17) is 92.3 Å². The van der Waals surface area contributed by atoms with E-state index in [-0.39, 0.29) is 97.4 Å². The first-order chi connectivity index (χ1) is 55.2. The molecule has 41 heteroatoms. The zero-order valence-electron chi connectivity index (χ0n) is 61.9. The number of carbonyl (C=O) groups is 7. The Morgan fingerprint density at radius 2 is 1.01 bits per heavy atom. The van der Waals surface area contributed by atoms with Crippen LogP contribution >= 0.6 is 97.8 Å². The van der Waals surface area contributed by atoms with E-state index in [1.807, 2.05) is 19.3 Å². The number of hydrogen-bond acceptors (Lipinski definition) is 22. The number of anilines is 1. The number of nitro benzene ring substituents is 2. The summed E-state index contributed by atoms with van der Waals surface area (Å²) in [5.74, 6) is -7.88. The van der Waals surface area contributed by atoms with Gasteiger partial charge in [0.05, 0.1) is 122 Å². The molecule has 0 unspecified atom stereocenters. The van der Waals surface area contributed by atoms with Crippen molar-refractivity contribution >= 4 is 167 Å². The number of aromatic amines is 1. The zero-order valence-corrected chi connectivity index (χ0v) is 69.6. The highest BCUT2D eigenvalue weighted by atomic mass is 79.9. The molecule has 4 saturated carbocycles. The molecule has 0 atom stereocenters. The van der Waals surface area contributed by atoms with E-state index < -0.39 is 102 Å². The number of aromatic nitrogens is 4. The van der Waals surface area contributed by atoms with Gasteiger partial charge in [0.15, 0.2) is 4.77 Å². The first-order valence-electron chi connectivity index (χ1n) is 34.2. The number of nitrogens with zero attached hydrogens (tertiary/aromatic N) is 5. The van der Waals surface area contributed by atoms with Crippen LogP contribution in [0.5, 0.6) is 0 Å². The van der Waals surface area contributed by atoms with Crippen LogP contribution in [0, 0.1) is 78.7 Å². The summed E-state index contributed by atoms with van der Waals surface area (Å²) in [6.07, 6.45) is 14.0. The van der Waals surface area contributed by atoms with Crippen molar-refractivity contribution in [2.45, 2.75) is 94.8 Å². The van der Waals surface area contributed by atoms with Crippen LogP contribution in [-0.2, 0) is 54.0 Å². The minimum atomic E-state index is -3.93. The number of H-pyrrole nitrogens is 1. The topological polar surface area (TPSA) is 360 Å². The molecule has 0 bridgehead atoms. The number of hydrogen-bond donors (Lipinski definition) is 2. The van der Waals surface area contributed by atoms with Crippen molar-refractivity contribution in [2.24, 2.45) is 11.8 Å². The predicted octanol–water partition coefficient (Wildman–Crippen LogP) is 19.7. The summed E-state index contributed by atoms with van der Waals surface area (Å²) in [5, 5.41) is 20.8. The molecule has 26 nitrogen and oxygen atoms in total. The number of benzene rings is 7. The number of nitrogens with one attached hydrogen (secondary N) is 1. The molecule has 4 aliphatic carbocycles. The van der Waals surface area contributed by atoms with Crippen molar-refractivity contribution in [3.05, 3.63) is 261 Å². The molecule has 3 N–H and O–H groups in total. The van der Waals surface area contributed by atoms with E-state index in [2.05, 4.69) is 49.0 Å². The molecule has 0 radical (unpaired) electrons. The Bertz CT molecular complexity index is 5480. The molecule has 0 aliphatic heterocycles. The van der Waals surface area contributed by atoms with Gasteiger partial charge in [-0.15, -0.1) is 0 Å². The van der Waals surface area contributed by atoms with Crippen LogP contribution in [0.25, 0.3) is 11.4 Å². The number of nitrogens with two attached hydrogens (primary N) is 1. The van der Waals surface area contributed by atoms with Crippen molar-refractivity contribution in [3.63, 3.8) is 0 Å². The summed E-state index contributed by atoms with van der Waals surface area (Å²) in [6.45, 7) is 3.71. The fraction of sp³-hybridized carbons (Fsp3) is 0.276. The second-order valence-electron chi connectivity index (χ2n) is 25.4. The average Bonchev–Trinajstić information content (AvgIpc) is 1.68. The number of ketones is 1. The van der Waals surface area contributed by atoms with E-state index in [1.54, 1.807) is 34.5 Å². The van der Waals surface area contributed by atoms with Crippen LogP contribution in [0.15, 0.2) is 125 Å². The normalized spacial score (nSPS) is 12.9. The summed E-state index contributed by atoms with van der Waals surface area (Å²) >= 11 is 42.5. The van der Waals surface area contributed by atoms with E-state index in [0.717, 1.165) is 131 Å². The lowest BCUT2D eigenvalue weighted by molar-refractivity contribution is -0.384. The van der Waals surface area contributed by atoms with Gasteiger partial charge in [0.2, 0.25) is 0 Å². The summed E-state index contributed by atoms with van der Waals surface area (Å²) in [6, 6.07) is 19.1. The number of nitrogen functional groups attached to an aromatic ring is 1. The molecule has 0 spiro atoms. The SMILES string of the molecule is CCOC(=O)c1cc(-n2cnc(C3CC3)c2)c(Cl)cc1F.COC(=O)c1cc(-n2cc(C3CC3)[nH]c2=S)c(Cl)cc1F.COC(=O)c1cc(CCC(=O)C2CC2)c(Cl)cc1F.COC(=O)c1cc(N)c(Cl)cc1F.COC(=O)c1cc([N+](=O)[O-])c(Cl)cc1F.Cc1ccc(S(=O)(=O)OC(=O)C2CC2)cc1.O=[N+]([O-])c1cc(Br)c(F)cc1Cl. The molecule has 13 rings (SSSR count). The molecule has 622 valence electrons. The van der Waals surface area contributed by atoms with Crippen LogP contribution in [0.3, 0.4) is 0 Å². The van der Waals surface area contributed by atoms with Gasteiger partial charge >= 0.3 is 45.9 Å². The first-order valence-corrected chi connectivity index (χ1v) is 39.1. The lowest BCUT2D eigenvalue weighted by Crippen LogP contribution is -2.14. The fourth-order valence-electron chi connectivity index (χ4n) is 9.94. The number of imidazole rings is 2. The minimum Gasteiger partial charge on any atom is -0.465 e. The maximum atomic E-state index is 13.9. The van der Waals surface area contributed by atoms with Crippen molar-refractivity contribution in [2.75, 3.05) is 40.8 Å². The Hall–Kier alpha value is -9.98. The molecule has 117 heavy (non-hydrogen) atoms. The monoisotopic (exact) mass is 1850 g/mol. The Labute approximate surface area is 706 Å². The van der Waals surface area contributed by atoms with Gasteiger partial charge in [-0.3, -0.25) is 34.4 Å². The molecule has 7 aromatic carbocycles. The standard InChI is InChI=1S/C15H14ClFN2O2.C14H12ClFN2O2S.C14H14ClFO3.C11H12O4S.C8H5ClFNO4.C8H7ClFNO2.C6H2BrClFNO2/c1-2-21-15(20)10-5-14(11(16)6-12(10)17)19-7-13(18-8-19)9-3-4-9;1-20-13(19)8-4-12(9(15)5-10(8)16)18-6-11(7-2-3-7)17-14(18)21;1-19-14(18)10-6-9(11(15)7-12(10)16)4-5-13(17)8-2-3-8;1-8-2-6-10(7-3-8)16(13,14)15-11(12)9-4-5-9;1-15-8(12)4-2-7(11(13)14)5(9)3-6(4)10;1-13-8(12)4-2-7(11)5(9)3-6(4)10;7-3-1-6(10(11)12)4(8)2-5(3)9/h5-9H,2-4H2,1H3;4-7H,2-3H2,1H3,(H,17,21);6-8H,2-5H2,1H3;2-3,6-7,9H,4-5H2,1H3;2-3H,1H3;2-3H,11H2,1H3;1-2H. The van der Waals surface area contributed by atoms with Gasteiger partial charge in [-0.2, -0.15) is 8.42 Å². The second kappa shape index (κ2) is 42.4. The highest BCUT2D eigenvalue weighted by Gasteiger charge is 2.36. The maximum absolute atomic E-state index is 13.9. The smallest absolute Gasteiger partial charge is 0.341 e. The van der Waals surface area contributed by atoms with Crippen LogP contribution in [0.4, 0.5) is 43.4 Å². The van der Waals surface area contributed by atoms with Gasteiger partial charge < -0.3 is 43.2 Å². The minimum absolute atomic E-state index is 0.0205. The van der Waals surface area contributed by atoms with Crippen LogP contribution in [0.1, 0.15) is 151 Å². The average molecular weight is 1850 g/mol. The third-order valence-electron chi connectivity index (χ3n) is 16.8. The van der Waals surface area contributed by atoms with Gasteiger partial charge in [-0.1, -0.05) is 87.3 Å². The molecule has 4 aliphatic rings. The molecule has 0 saturated heterocycles. The van der Waals surface area contributed by atoms with E-state index >= 15 is 0 Å². The van der Waals surface area contributed by atoms with Crippen LogP contribution in [-0.4, -0.2) is 114 Å². The Morgan fingerprint density at radius 1 is 0.573 bits per heavy atom. The largest absolute Gasteiger partial charge is 0.465 e. The number of nitro groups is 2. The molecule has 9 aromatic rings. The van der Waals surface area contributed by atoms with Crippen molar-refractivity contribution in [3.8, 4) is 11.4 Å². The third kappa shape index (κ3) is 26.5. The molecule has 4 fully saturated rings. The van der Waals surface area contributed by atoms with Crippen LogP contribution < -0.4 is 5.73 Å². The summed E-state index contributed by atoms with van der Waals surface area (Å²) in [4.78, 5) is 106. The second-order valence-corrected chi connectivity index (χ2v) is 30.6. The van der Waals surface area contributed by atoms with Crippen LogP contribution in [0.2, 0.25) is 30.1 Å². The highest BCUT2D eigenvalue weighted by molar-refractivity contribution is 9.10. The predicted molar refractivity (Wildman–Crippen MR) is 424 cm³/mol. The maximum Gasteiger partial charge on any atom is 0.341 e. The number of halogens is 13. The number of esters is 5. The van der Waals surface area contributed by atoms with Gasteiger partial charge in [0, 0.05) is 71.6 Å². The molecule has 2 aromatic heterocycles. The first kappa shape index (κ1) is 94.2. The van der Waals surface area contributed by atoms with E-state index in [0.29, 0.717) is 52.5 Å². The molecular weight excluding hydrogens is 1790 g/mol. The van der Waals surface area contributed by atoms with Gasteiger partial charge in [-0.25, -0.2) is 55.3 Å². The summed E-state index contributed by atoms with van der Waals surface area (Å²) < 4.78 is 134. The van der Waals surface area contributed by atoms with Crippen molar-refractivity contribution in [1.82, 2.24) is 19.1 Å². The number of Topliss-reactive ketones (excluding diaryl/α,β-unsaturated/α-hetero) is 1. The molecular formula is C76H66BrCl6F6N7O19S2.